The van der Waals surface area contributed by atoms with Crippen LogP contribution in [0.25, 0.3) is 0 Å². The Morgan fingerprint density at radius 3 is 2.95 bits per heavy atom. The second kappa shape index (κ2) is 7.69. The van der Waals surface area contributed by atoms with E-state index in [4.69, 9.17) is 0 Å². The predicted octanol–water partition coefficient (Wildman–Crippen LogP) is 1.79. The van der Waals surface area contributed by atoms with Crippen LogP contribution < -0.4 is 10.0 Å². The van der Waals surface area contributed by atoms with Gasteiger partial charge >= 0.3 is 0 Å². The van der Waals surface area contributed by atoms with Crippen molar-refractivity contribution in [1.29, 1.82) is 0 Å². The topological polar surface area (TPSA) is 61.4 Å². The molecule has 21 heavy (non-hydrogen) atoms. The summed E-state index contributed by atoms with van der Waals surface area (Å²) in [7, 11) is -3.37. The Morgan fingerprint density at radius 1 is 1.48 bits per heavy atom. The highest BCUT2D eigenvalue weighted by molar-refractivity contribution is 7.87. The number of nitrogens with one attached hydrogen (secondary N) is 2. The van der Waals surface area contributed by atoms with E-state index in [9.17, 15) is 8.42 Å². The molecular weight excluding hydrogens is 306 g/mol. The van der Waals surface area contributed by atoms with Crippen molar-refractivity contribution in [2.24, 2.45) is 5.92 Å². The van der Waals surface area contributed by atoms with Crippen LogP contribution in [0.2, 0.25) is 0 Å². The summed E-state index contributed by atoms with van der Waals surface area (Å²) in [5.74, 6) is 0.402. The summed E-state index contributed by atoms with van der Waals surface area (Å²) in [5.41, 5.74) is 1.01. The van der Waals surface area contributed by atoms with Crippen molar-refractivity contribution < 1.29 is 8.42 Å². The Labute approximate surface area is 131 Å². The molecule has 0 amide bonds. The lowest BCUT2D eigenvalue weighted by molar-refractivity contribution is 0.254. The van der Waals surface area contributed by atoms with Gasteiger partial charge in [0, 0.05) is 25.7 Å². The molecule has 2 N–H and O–H groups in total. The molecule has 1 aliphatic rings. The number of piperidine rings is 1. The van der Waals surface area contributed by atoms with Gasteiger partial charge in [0.15, 0.2) is 0 Å². The molecule has 1 unspecified atom stereocenters. The van der Waals surface area contributed by atoms with Crippen molar-refractivity contribution in [3.8, 4) is 0 Å². The second-order valence-corrected chi connectivity index (χ2v) is 8.42. The Morgan fingerprint density at radius 2 is 2.29 bits per heavy atom. The van der Waals surface area contributed by atoms with Crippen LogP contribution >= 0.6 is 11.3 Å². The first kappa shape index (κ1) is 16.9. The Hall–Kier alpha value is -0.470. The number of rotatable bonds is 7. The molecule has 1 aliphatic heterocycles. The maximum atomic E-state index is 12.4. The molecule has 1 atom stereocenters. The Balaban J connectivity index is 1.86. The van der Waals surface area contributed by atoms with Gasteiger partial charge in [-0.2, -0.15) is 28.8 Å². The van der Waals surface area contributed by atoms with Crippen LogP contribution in [-0.2, 0) is 16.8 Å². The van der Waals surface area contributed by atoms with Gasteiger partial charge in [0.25, 0.3) is 10.2 Å². The summed E-state index contributed by atoms with van der Waals surface area (Å²) in [6.45, 7) is 6.71. The van der Waals surface area contributed by atoms with Crippen molar-refractivity contribution in [3.63, 3.8) is 0 Å². The van der Waals surface area contributed by atoms with Crippen LogP contribution in [0.15, 0.2) is 16.8 Å². The predicted molar refractivity (Wildman–Crippen MR) is 87.5 cm³/mol. The van der Waals surface area contributed by atoms with Crippen molar-refractivity contribution in [2.75, 3.05) is 19.6 Å². The number of hydrogen-bond acceptors (Lipinski definition) is 4. The third-order valence-electron chi connectivity index (χ3n) is 3.68. The van der Waals surface area contributed by atoms with E-state index in [-0.39, 0.29) is 0 Å². The summed E-state index contributed by atoms with van der Waals surface area (Å²) in [6.07, 6.45) is 2.03. The SMILES string of the molecule is CC(C)NCC1CCCN(S(=O)(=O)NCc2ccsc2)C1. The zero-order valence-electron chi connectivity index (χ0n) is 12.7. The zero-order valence-corrected chi connectivity index (χ0v) is 14.3. The van der Waals surface area contributed by atoms with E-state index in [1.165, 1.54) is 0 Å². The molecule has 2 rings (SSSR count). The van der Waals surface area contributed by atoms with Gasteiger partial charge in [-0.15, -0.1) is 0 Å². The fourth-order valence-corrected chi connectivity index (χ4v) is 4.45. The van der Waals surface area contributed by atoms with Crippen LogP contribution in [0.1, 0.15) is 32.3 Å². The van der Waals surface area contributed by atoms with Crippen molar-refractivity contribution >= 4 is 21.5 Å². The van der Waals surface area contributed by atoms with E-state index in [0.29, 0.717) is 31.6 Å². The number of hydrogen-bond donors (Lipinski definition) is 2. The van der Waals surface area contributed by atoms with Crippen LogP contribution in [0.4, 0.5) is 0 Å². The molecular formula is C14H25N3O2S2. The average Bonchev–Trinajstić information content (AvgIpc) is 2.97. The van der Waals surface area contributed by atoms with Gasteiger partial charge in [-0.1, -0.05) is 13.8 Å². The molecule has 1 saturated heterocycles. The molecule has 5 nitrogen and oxygen atoms in total. The largest absolute Gasteiger partial charge is 0.314 e. The van der Waals surface area contributed by atoms with Crippen LogP contribution in [0.5, 0.6) is 0 Å². The summed E-state index contributed by atoms with van der Waals surface area (Å²) in [5, 5.41) is 7.32. The van der Waals surface area contributed by atoms with E-state index < -0.39 is 10.2 Å². The van der Waals surface area contributed by atoms with Crippen molar-refractivity contribution in [2.45, 2.75) is 39.3 Å². The number of nitrogens with zero attached hydrogens (tertiary/aromatic N) is 1. The van der Waals surface area contributed by atoms with Crippen LogP contribution in [0, 0.1) is 5.92 Å². The third kappa shape index (κ3) is 5.34. The standard InChI is InChI=1S/C14H25N3O2S2/c1-12(2)15-8-13-4-3-6-17(10-13)21(18,19)16-9-14-5-7-20-11-14/h5,7,11-13,15-16H,3-4,6,8-10H2,1-2H3. The van der Waals surface area contributed by atoms with E-state index in [1.807, 2.05) is 16.8 Å². The molecule has 0 radical (unpaired) electrons. The molecule has 2 heterocycles. The fraction of sp³-hybridized carbons (Fsp3) is 0.714. The highest BCUT2D eigenvalue weighted by atomic mass is 32.2. The fourth-order valence-electron chi connectivity index (χ4n) is 2.47. The van der Waals surface area contributed by atoms with Gasteiger partial charge in [-0.25, -0.2) is 0 Å². The second-order valence-electron chi connectivity index (χ2n) is 5.89. The summed E-state index contributed by atoms with van der Waals surface area (Å²) in [4.78, 5) is 0. The molecule has 0 spiro atoms. The normalized spacial score (nSPS) is 21.0. The molecule has 1 fully saturated rings. The zero-order chi connectivity index (χ0) is 15.3. The quantitative estimate of drug-likeness (QED) is 0.801. The maximum Gasteiger partial charge on any atom is 0.279 e. The first-order valence-electron chi connectivity index (χ1n) is 7.46. The Bertz CT molecular complexity index is 514. The first-order chi connectivity index (χ1) is 9.97. The maximum absolute atomic E-state index is 12.4. The lowest BCUT2D eigenvalue weighted by atomic mass is 9.99. The molecule has 0 aromatic carbocycles. The summed E-state index contributed by atoms with van der Waals surface area (Å²) < 4.78 is 29.0. The molecule has 1 aromatic heterocycles. The molecule has 120 valence electrons. The highest BCUT2D eigenvalue weighted by Gasteiger charge is 2.28. The van der Waals surface area contributed by atoms with E-state index >= 15 is 0 Å². The molecule has 7 heteroatoms. The monoisotopic (exact) mass is 331 g/mol. The minimum absolute atomic E-state index is 0.372. The van der Waals surface area contributed by atoms with Gasteiger partial charge in [0.05, 0.1) is 0 Å². The molecule has 0 saturated carbocycles. The first-order valence-corrected chi connectivity index (χ1v) is 9.85. The summed E-state index contributed by atoms with van der Waals surface area (Å²) >= 11 is 1.58. The van der Waals surface area contributed by atoms with Gasteiger partial charge in [0.2, 0.25) is 0 Å². The Kier molecular flexibility index (Phi) is 6.19. The molecule has 1 aromatic rings. The summed E-state index contributed by atoms with van der Waals surface area (Å²) in [6, 6.07) is 2.38. The minimum atomic E-state index is -3.37. The third-order valence-corrected chi connectivity index (χ3v) is 5.93. The van der Waals surface area contributed by atoms with Crippen molar-refractivity contribution in [1.82, 2.24) is 14.3 Å². The minimum Gasteiger partial charge on any atom is -0.314 e. The molecule has 0 bridgehead atoms. The van der Waals surface area contributed by atoms with Gasteiger partial charge in [-0.05, 0) is 47.7 Å². The smallest absolute Gasteiger partial charge is 0.279 e. The van der Waals surface area contributed by atoms with Crippen LogP contribution in [-0.4, -0.2) is 38.4 Å². The van der Waals surface area contributed by atoms with E-state index in [2.05, 4.69) is 23.9 Å². The van der Waals surface area contributed by atoms with Crippen LogP contribution in [0.3, 0.4) is 0 Å². The number of thiophene rings is 1. The molecule has 0 aliphatic carbocycles. The van der Waals surface area contributed by atoms with E-state index in [0.717, 1.165) is 24.9 Å². The average molecular weight is 332 g/mol. The van der Waals surface area contributed by atoms with Gasteiger partial charge < -0.3 is 5.32 Å². The highest BCUT2D eigenvalue weighted by Crippen LogP contribution is 2.18. The van der Waals surface area contributed by atoms with Crippen molar-refractivity contribution in [3.05, 3.63) is 22.4 Å². The van der Waals surface area contributed by atoms with E-state index in [1.54, 1.807) is 15.6 Å². The lowest BCUT2D eigenvalue weighted by Crippen LogP contribution is -2.47. The van der Waals surface area contributed by atoms with Gasteiger partial charge in [0.1, 0.15) is 0 Å². The van der Waals surface area contributed by atoms with Gasteiger partial charge in [-0.3, -0.25) is 0 Å². The lowest BCUT2D eigenvalue weighted by Gasteiger charge is -2.32.